The van der Waals surface area contributed by atoms with E-state index in [4.69, 9.17) is 4.99 Å². The van der Waals surface area contributed by atoms with Gasteiger partial charge in [0, 0.05) is 63.4 Å². The minimum absolute atomic E-state index is 0.385. The summed E-state index contributed by atoms with van der Waals surface area (Å²) in [5.41, 5.74) is 0.741. The summed E-state index contributed by atoms with van der Waals surface area (Å²) in [5.74, 6) is 0.359. The summed E-state index contributed by atoms with van der Waals surface area (Å²) in [6.07, 6.45) is 7.89. The van der Waals surface area contributed by atoms with Crippen molar-refractivity contribution in [2.75, 3.05) is 44.2 Å². The van der Waals surface area contributed by atoms with Gasteiger partial charge in [-0.15, -0.1) is 0 Å². The van der Waals surface area contributed by atoms with Gasteiger partial charge in [0.2, 0.25) is 0 Å². The molecule has 3 atom stereocenters. The second-order valence-corrected chi connectivity index (χ2v) is 8.68. The van der Waals surface area contributed by atoms with Crippen LogP contribution in [0.5, 0.6) is 0 Å². The number of aliphatic imine (C=N–C) groups is 1. The number of nitrogens with zero attached hydrogens (tertiary/aromatic N) is 5. The number of anilines is 1. The zero-order valence-electron chi connectivity index (χ0n) is 18.3. The Balaban J connectivity index is 1.39. The summed E-state index contributed by atoms with van der Waals surface area (Å²) in [6.45, 7) is 9.50. The molecular formula is C23H32F2N6. The van der Waals surface area contributed by atoms with Crippen LogP contribution in [0.1, 0.15) is 32.7 Å². The van der Waals surface area contributed by atoms with Crippen molar-refractivity contribution in [1.82, 2.24) is 19.8 Å². The molecule has 1 aromatic heterocycles. The maximum atomic E-state index is 13.6. The standard InChI is InChI=1S/C23H32F2N6/c1-3-27-23(30-9-6-17(2)22(15-30)31-11-8-26-16-31)28-13-18-7-10-29(14-18)19-4-5-20(24)21(25)12-19/h4-5,8,11-12,16-18,22H,3,6-7,9-10,13-15H2,1-2H3,(H,27,28). The van der Waals surface area contributed by atoms with Crippen molar-refractivity contribution >= 4 is 11.6 Å². The Hall–Kier alpha value is -2.64. The normalized spacial score (nSPS) is 24.6. The predicted octanol–water partition coefficient (Wildman–Crippen LogP) is 3.54. The summed E-state index contributed by atoms with van der Waals surface area (Å²) < 4.78 is 29.0. The van der Waals surface area contributed by atoms with Gasteiger partial charge >= 0.3 is 0 Å². The summed E-state index contributed by atoms with van der Waals surface area (Å²) in [5, 5.41) is 3.46. The molecule has 0 aliphatic carbocycles. The first-order valence-electron chi connectivity index (χ1n) is 11.3. The lowest BCUT2D eigenvalue weighted by Crippen LogP contribution is -2.49. The molecule has 2 aliphatic heterocycles. The molecule has 168 valence electrons. The summed E-state index contributed by atoms with van der Waals surface area (Å²) in [6, 6.07) is 4.53. The number of aromatic nitrogens is 2. The lowest BCUT2D eigenvalue weighted by molar-refractivity contribution is 0.189. The van der Waals surface area contributed by atoms with Crippen molar-refractivity contribution in [2.24, 2.45) is 16.8 Å². The molecule has 1 N–H and O–H groups in total. The highest BCUT2D eigenvalue weighted by Crippen LogP contribution is 2.28. The minimum Gasteiger partial charge on any atom is -0.371 e. The third-order valence-electron chi connectivity index (χ3n) is 6.51. The van der Waals surface area contributed by atoms with E-state index < -0.39 is 11.6 Å². The van der Waals surface area contributed by atoms with E-state index in [1.807, 2.05) is 18.7 Å². The smallest absolute Gasteiger partial charge is 0.193 e. The Morgan fingerprint density at radius 3 is 2.81 bits per heavy atom. The van der Waals surface area contributed by atoms with Crippen LogP contribution in [0.3, 0.4) is 0 Å². The molecule has 6 nitrogen and oxygen atoms in total. The molecular weight excluding hydrogens is 398 g/mol. The van der Waals surface area contributed by atoms with Crippen molar-refractivity contribution in [1.29, 1.82) is 0 Å². The van der Waals surface area contributed by atoms with E-state index in [1.165, 1.54) is 12.1 Å². The van der Waals surface area contributed by atoms with Crippen LogP contribution in [0.2, 0.25) is 0 Å². The molecule has 1 aromatic carbocycles. The monoisotopic (exact) mass is 430 g/mol. The highest BCUT2D eigenvalue weighted by molar-refractivity contribution is 5.80. The molecule has 2 saturated heterocycles. The van der Waals surface area contributed by atoms with Gasteiger partial charge in [-0.05, 0) is 43.7 Å². The second kappa shape index (κ2) is 9.66. The fourth-order valence-electron chi connectivity index (χ4n) is 4.63. The maximum absolute atomic E-state index is 13.6. The third kappa shape index (κ3) is 4.99. The summed E-state index contributed by atoms with van der Waals surface area (Å²) in [7, 11) is 0. The van der Waals surface area contributed by atoms with E-state index >= 15 is 0 Å². The number of imidazole rings is 1. The van der Waals surface area contributed by atoms with Crippen LogP contribution in [0.25, 0.3) is 0 Å². The predicted molar refractivity (Wildman–Crippen MR) is 119 cm³/mol. The molecule has 2 aliphatic rings. The van der Waals surface area contributed by atoms with Crippen LogP contribution in [0.15, 0.2) is 41.9 Å². The molecule has 3 heterocycles. The number of nitrogens with one attached hydrogen (secondary N) is 1. The van der Waals surface area contributed by atoms with Gasteiger partial charge in [-0.25, -0.2) is 13.8 Å². The largest absolute Gasteiger partial charge is 0.371 e. The first kappa shape index (κ1) is 21.6. The van der Waals surface area contributed by atoms with Gasteiger partial charge in [-0.2, -0.15) is 0 Å². The van der Waals surface area contributed by atoms with E-state index in [0.29, 0.717) is 17.9 Å². The number of likely N-dealkylation sites (tertiary alicyclic amines) is 1. The Morgan fingerprint density at radius 1 is 1.19 bits per heavy atom. The summed E-state index contributed by atoms with van der Waals surface area (Å²) in [4.78, 5) is 13.7. The highest BCUT2D eigenvalue weighted by atomic mass is 19.2. The first-order valence-corrected chi connectivity index (χ1v) is 11.3. The van der Waals surface area contributed by atoms with Crippen LogP contribution in [-0.2, 0) is 0 Å². The lowest BCUT2D eigenvalue weighted by Gasteiger charge is -2.39. The topological polar surface area (TPSA) is 48.7 Å². The Labute approximate surface area is 183 Å². The van der Waals surface area contributed by atoms with E-state index in [1.54, 1.807) is 6.07 Å². The average Bonchev–Trinajstić information content (AvgIpc) is 3.46. The molecule has 0 bridgehead atoms. The molecule has 0 spiro atoms. The Morgan fingerprint density at radius 2 is 2.06 bits per heavy atom. The number of hydrogen-bond donors (Lipinski definition) is 1. The third-order valence-corrected chi connectivity index (χ3v) is 6.51. The van der Waals surface area contributed by atoms with E-state index in [2.05, 4.69) is 38.5 Å². The number of halogens is 2. The van der Waals surface area contributed by atoms with Crippen LogP contribution in [-0.4, -0.2) is 59.7 Å². The molecule has 2 aromatic rings. The fraction of sp³-hybridized carbons (Fsp3) is 0.565. The average molecular weight is 431 g/mol. The second-order valence-electron chi connectivity index (χ2n) is 8.68. The molecule has 2 fully saturated rings. The van der Waals surface area contributed by atoms with Gasteiger partial charge in [0.1, 0.15) is 0 Å². The van der Waals surface area contributed by atoms with Gasteiger partial charge in [0.15, 0.2) is 17.6 Å². The molecule has 3 unspecified atom stereocenters. The Bertz CT molecular complexity index is 884. The van der Waals surface area contributed by atoms with Crippen molar-refractivity contribution in [3.63, 3.8) is 0 Å². The minimum atomic E-state index is -0.802. The Kier molecular flexibility index (Phi) is 6.73. The van der Waals surface area contributed by atoms with Gasteiger partial charge in [-0.3, -0.25) is 4.99 Å². The fourth-order valence-corrected chi connectivity index (χ4v) is 4.63. The molecule has 8 heteroatoms. The van der Waals surface area contributed by atoms with Gasteiger partial charge in [-0.1, -0.05) is 6.92 Å². The number of piperidine rings is 1. The lowest BCUT2D eigenvalue weighted by atomic mass is 9.93. The maximum Gasteiger partial charge on any atom is 0.193 e. The van der Waals surface area contributed by atoms with Crippen LogP contribution >= 0.6 is 0 Å². The van der Waals surface area contributed by atoms with Crippen LogP contribution in [0.4, 0.5) is 14.5 Å². The van der Waals surface area contributed by atoms with E-state index in [-0.39, 0.29) is 0 Å². The van der Waals surface area contributed by atoms with Crippen LogP contribution < -0.4 is 10.2 Å². The number of benzene rings is 1. The highest BCUT2D eigenvalue weighted by Gasteiger charge is 2.29. The van der Waals surface area contributed by atoms with Crippen molar-refractivity contribution in [2.45, 2.75) is 32.7 Å². The first-order chi connectivity index (χ1) is 15.0. The van der Waals surface area contributed by atoms with E-state index in [0.717, 1.165) is 63.8 Å². The molecule has 4 rings (SSSR count). The zero-order valence-corrected chi connectivity index (χ0v) is 18.3. The van der Waals surface area contributed by atoms with Crippen molar-refractivity contribution < 1.29 is 8.78 Å². The number of guanidine groups is 1. The van der Waals surface area contributed by atoms with Crippen molar-refractivity contribution in [3.8, 4) is 0 Å². The van der Waals surface area contributed by atoms with E-state index in [9.17, 15) is 8.78 Å². The molecule has 0 amide bonds. The van der Waals surface area contributed by atoms with Gasteiger partial charge < -0.3 is 19.7 Å². The van der Waals surface area contributed by atoms with Crippen molar-refractivity contribution in [3.05, 3.63) is 48.6 Å². The van der Waals surface area contributed by atoms with Gasteiger partial charge in [0.05, 0.1) is 12.4 Å². The SMILES string of the molecule is CCNC(=NCC1CCN(c2ccc(F)c(F)c2)C1)N1CCC(C)C(n2ccnc2)C1. The number of hydrogen-bond acceptors (Lipinski definition) is 3. The zero-order chi connectivity index (χ0) is 21.8. The van der Waals surface area contributed by atoms with Gasteiger partial charge in [0.25, 0.3) is 0 Å². The molecule has 31 heavy (non-hydrogen) atoms. The molecule has 0 radical (unpaired) electrons. The van der Waals surface area contributed by atoms with Crippen LogP contribution in [0, 0.1) is 23.5 Å². The molecule has 0 saturated carbocycles. The summed E-state index contributed by atoms with van der Waals surface area (Å²) >= 11 is 0. The quantitative estimate of drug-likeness (QED) is 0.582. The number of rotatable bonds is 5.